The van der Waals surface area contributed by atoms with Crippen LogP contribution in [0.3, 0.4) is 0 Å². The lowest BCUT2D eigenvalue weighted by atomic mass is 9.92. The van der Waals surface area contributed by atoms with Crippen molar-refractivity contribution >= 4 is 21.6 Å². The third-order valence-corrected chi connectivity index (χ3v) is 4.43. The molecule has 1 aromatic heterocycles. The van der Waals surface area contributed by atoms with Crippen molar-refractivity contribution in [2.45, 2.75) is 19.3 Å². The van der Waals surface area contributed by atoms with Crippen LogP contribution in [0.1, 0.15) is 18.4 Å². The van der Waals surface area contributed by atoms with Crippen LogP contribution < -0.4 is 15.0 Å². The molecule has 1 unspecified atom stereocenters. The second-order valence-electron chi connectivity index (χ2n) is 4.98. The number of piperidine rings is 1. The topological polar surface area (TPSA) is 51.5 Å². The van der Waals surface area contributed by atoms with Crippen LogP contribution in [-0.2, 0) is 6.42 Å². The number of ether oxygens (including phenoxy) is 1. The standard InChI is InChI=1S/C14H17NO3S/c1-17-11-7-13-12(18-14(16)19-13)6-10(11)5-9-3-2-4-15-8-9/h6-7,9,15H,2-5,8H2,1H3. The Morgan fingerprint density at radius 3 is 3.16 bits per heavy atom. The summed E-state index contributed by atoms with van der Waals surface area (Å²) in [6.45, 7) is 2.17. The molecule has 1 saturated heterocycles. The fourth-order valence-corrected chi connectivity index (χ4v) is 3.38. The molecular formula is C14H17NO3S. The zero-order valence-corrected chi connectivity index (χ0v) is 11.7. The molecule has 1 aliphatic heterocycles. The van der Waals surface area contributed by atoms with Gasteiger partial charge in [-0.25, -0.2) is 4.79 Å². The largest absolute Gasteiger partial charge is 0.496 e. The zero-order valence-electron chi connectivity index (χ0n) is 10.9. The van der Waals surface area contributed by atoms with E-state index in [1.807, 2.05) is 12.1 Å². The monoisotopic (exact) mass is 279 g/mol. The number of hydrogen-bond donors (Lipinski definition) is 1. The zero-order chi connectivity index (χ0) is 13.2. The minimum absolute atomic E-state index is 0.256. The van der Waals surface area contributed by atoms with E-state index in [1.165, 1.54) is 12.8 Å². The maximum absolute atomic E-state index is 11.3. The van der Waals surface area contributed by atoms with Gasteiger partial charge in [0.25, 0.3) is 0 Å². The molecule has 0 aliphatic carbocycles. The first-order chi connectivity index (χ1) is 9.26. The highest BCUT2D eigenvalue weighted by molar-refractivity contribution is 7.16. The van der Waals surface area contributed by atoms with Gasteiger partial charge in [0.05, 0.1) is 11.8 Å². The van der Waals surface area contributed by atoms with Crippen molar-refractivity contribution in [1.29, 1.82) is 0 Å². The van der Waals surface area contributed by atoms with Crippen molar-refractivity contribution in [3.63, 3.8) is 0 Å². The molecule has 0 radical (unpaired) electrons. The van der Waals surface area contributed by atoms with Gasteiger partial charge in [-0.05, 0) is 49.9 Å². The van der Waals surface area contributed by atoms with E-state index in [9.17, 15) is 4.79 Å². The minimum atomic E-state index is -0.256. The fourth-order valence-electron chi connectivity index (χ4n) is 2.70. The van der Waals surface area contributed by atoms with Crippen molar-refractivity contribution < 1.29 is 9.15 Å². The van der Waals surface area contributed by atoms with Crippen LogP contribution in [-0.4, -0.2) is 20.2 Å². The number of nitrogens with one attached hydrogen (secondary N) is 1. The molecule has 1 aromatic carbocycles. The highest BCUT2D eigenvalue weighted by atomic mass is 32.1. The minimum Gasteiger partial charge on any atom is -0.496 e. The van der Waals surface area contributed by atoms with E-state index in [1.54, 1.807) is 7.11 Å². The Kier molecular flexibility index (Phi) is 3.57. The molecule has 1 fully saturated rings. The Morgan fingerprint density at radius 1 is 1.53 bits per heavy atom. The summed E-state index contributed by atoms with van der Waals surface area (Å²) >= 11 is 1.12. The molecule has 2 heterocycles. The lowest BCUT2D eigenvalue weighted by molar-refractivity contribution is 0.364. The first kappa shape index (κ1) is 12.7. The van der Waals surface area contributed by atoms with Crippen molar-refractivity contribution in [3.05, 3.63) is 27.4 Å². The predicted molar refractivity (Wildman–Crippen MR) is 76.2 cm³/mol. The van der Waals surface area contributed by atoms with Gasteiger partial charge in [-0.1, -0.05) is 11.3 Å². The summed E-state index contributed by atoms with van der Waals surface area (Å²) in [5.74, 6) is 1.49. The summed E-state index contributed by atoms with van der Waals surface area (Å²) in [5.41, 5.74) is 1.81. The van der Waals surface area contributed by atoms with Crippen LogP contribution in [0.15, 0.2) is 21.3 Å². The maximum Gasteiger partial charge on any atom is 0.396 e. The fraction of sp³-hybridized carbons (Fsp3) is 0.500. The molecule has 4 nitrogen and oxygen atoms in total. The van der Waals surface area contributed by atoms with Crippen molar-refractivity contribution in [3.8, 4) is 5.75 Å². The lowest BCUT2D eigenvalue weighted by Gasteiger charge is -2.23. The maximum atomic E-state index is 11.3. The Hall–Kier alpha value is -1.33. The van der Waals surface area contributed by atoms with Gasteiger partial charge < -0.3 is 14.5 Å². The van der Waals surface area contributed by atoms with Gasteiger partial charge in [0.1, 0.15) is 11.3 Å². The van der Waals surface area contributed by atoms with Crippen LogP contribution in [0.5, 0.6) is 5.75 Å². The second kappa shape index (κ2) is 5.35. The Labute approximate surface area is 115 Å². The average molecular weight is 279 g/mol. The predicted octanol–water partition coefficient (Wildman–Crippen LogP) is 2.41. The summed E-state index contributed by atoms with van der Waals surface area (Å²) < 4.78 is 11.5. The van der Waals surface area contributed by atoms with Gasteiger partial charge in [-0.3, -0.25) is 0 Å². The SMILES string of the molecule is COc1cc2sc(=O)oc2cc1CC1CCCNC1. The molecule has 1 N–H and O–H groups in total. The molecule has 0 amide bonds. The third kappa shape index (κ3) is 2.67. The average Bonchev–Trinajstić information content (AvgIpc) is 2.78. The van der Waals surface area contributed by atoms with Gasteiger partial charge in [0.2, 0.25) is 0 Å². The number of benzene rings is 1. The van der Waals surface area contributed by atoms with Crippen molar-refractivity contribution in [1.82, 2.24) is 5.32 Å². The van der Waals surface area contributed by atoms with Crippen LogP contribution in [0, 0.1) is 5.92 Å². The molecule has 1 atom stereocenters. The smallest absolute Gasteiger partial charge is 0.396 e. The number of rotatable bonds is 3. The molecule has 0 saturated carbocycles. The molecular weight excluding hydrogens is 262 g/mol. The van der Waals surface area contributed by atoms with Gasteiger partial charge in [-0.2, -0.15) is 0 Å². The highest BCUT2D eigenvalue weighted by Gasteiger charge is 2.17. The highest BCUT2D eigenvalue weighted by Crippen LogP contribution is 2.30. The number of fused-ring (bicyclic) bond motifs is 1. The van der Waals surface area contributed by atoms with E-state index in [2.05, 4.69) is 5.32 Å². The second-order valence-corrected chi connectivity index (χ2v) is 5.96. The molecule has 1 aliphatic rings. The van der Waals surface area contributed by atoms with E-state index in [0.717, 1.165) is 46.9 Å². The Balaban J connectivity index is 1.93. The molecule has 3 rings (SSSR count). The van der Waals surface area contributed by atoms with Gasteiger partial charge in [0.15, 0.2) is 0 Å². The first-order valence-electron chi connectivity index (χ1n) is 6.57. The van der Waals surface area contributed by atoms with E-state index in [0.29, 0.717) is 11.5 Å². The molecule has 2 aromatic rings. The molecule has 19 heavy (non-hydrogen) atoms. The Morgan fingerprint density at radius 2 is 2.42 bits per heavy atom. The summed E-state index contributed by atoms with van der Waals surface area (Å²) in [5, 5.41) is 3.42. The Bertz CT molecular complexity index is 625. The number of methoxy groups -OCH3 is 1. The van der Waals surface area contributed by atoms with Crippen LogP contribution >= 0.6 is 11.3 Å². The molecule has 0 spiro atoms. The van der Waals surface area contributed by atoms with Crippen molar-refractivity contribution in [2.75, 3.05) is 20.2 Å². The van der Waals surface area contributed by atoms with E-state index in [-0.39, 0.29) is 4.94 Å². The summed E-state index contributed by atoms with van der Waals surface area (Å²) in [4.78, 5) is 11.0. The van der Waals surface area contributed by atoms with Crippen LogP contribution in [0.2, 0.25) is 0 Å². The summed E-state index contributed by atoms with van der Waals surface area (Å²) in [6.07, 6.45) is 3.43. The van der Waals surface area contributed by atoms with E-state index in [4.69, 9.17) is 9.15 Å². The van der Waals surface area contributed by atoms with Crippen LogP contribution in [0.25, 0.3) is 10.3 Å². The van der Waals surface area contributed by atoms with Crippen LogP contribution in [0.4, 0.5) is 0 Å². The van der Waals surface area contributed by atoms with Gasteiger partial charge >= 0.3 is 4.94 Å². The summed E-state index contributed by atoms with van der Waals surface area (Å²) in [7, 11) is 1.67. The molecule has 102 valence electrons. The quantitative estimate of drug-likeness (QED) is 0.937. The third-order valence-electron chi connectivity index (χ3n) is 3.64. The molecule has 0 bridgehead atoms. The summed E-state index contributed by atoms with van der Waals surface area (Å²) in [6, 6.07) is 3.87. The van der Waals surface area contributed by atoms with Gasteiger partial charge in [-0.15, -0.1) is 0 Å². The van der Waals surface area contributed by atoms with E-state index >= 15 is 0 Å². The molecule has 5 heteroatoms. The normalized spacial score (nSPS) is 19.7. The van der Waals surface area contributed by atoms with Crippen molar-refractivity contribution in [2.24, 2.45) is 5.92 Å². The van der Waals surface area contributed by atoms with Gasteiger partial charge in [0, 0.05) is 6.07 Å². The number of hydrogen-bond acceptors (Lipinski definition) is 5. The van der Waals surface area contributed by atoms with E-state index < -0.39 is 0 Å². The first-order valence-corrected chi connectivity index (χ1v) is 7.39. The lowest BCUT2D eigenvalue weighted by Crippen LogP contribution is -2.30.